The third-order valence-electron chi connectivity index (χ3n) is 13.2. The number of ether oxygens (including phenoxy) is 1. The maximum atomic E-state index is 14.9. The molecule has 0 heterocycles. The molecule has 3 unspecified atom stereocenters. The molecule has 0 N–H and O–H groups in total. The highest BCUT2D eigenvalue weighted by Crippen LogP contribution is 2.73. The van der Waals surface area contributed by atoms with E-state index in [9.17, 15) is 9.18 Å². The summed E-state index contributed by atoms with van der Waals surface area (Å²) in [5.74, 6) is 3.05. The van der Waals surface area contributed by atoms with Gasteiger partial charge in [-0.1, -0.05) is 80.9 Å². The lowest BCUT2D eigenvalue weighted by atomic mass is 9.36. The van der Waals surface area contributed by atoms with Gasteiger partial charge in [0.1, 0.15) is 5.82 Å². The molecule has 41 heavy (non-hydrogen) atoms. The van der Waals surface area contributed by atoms with Gasteiger partial charge in [0.25, 0.3) is 0 Å². The molecule has 5 aliphatic carbocycles. The van der Waals surface area contributed by atoms with Crippen LogP contribution in [0.25, 0.3) is 5.57 Å². The van der Waals surface area contributed by atoms with Crippen LogP contribution in [0.4, 0.5) is 4.39 Å². The molecular formula is C38H59FO2. The Morgan fingerprint density at radius 3 is 2.20 bits per heavy atom. The van der Waals surface area contributed by atoms with Crippen molar-refractivity contribution in [2.24, 2.45) is 51.2 Å². The van der Waals surface area contributed by atoms with Gasteiger partial charge in [0.2, 0.25) is 0 Å². The van der Waals surface area contributed by atoms with Gasteiger partial charge in [-0.25, -0.2) is 9.18 Å². The van der Waals surface area contributed by atoms with Gasteiger partial charge in [0, 0.05) is 0 Å². The van der Waals surface area contributed by atoms with E-state index >= 15 is 0 Å². The van der Waals surface area contributed by atoms with Gasteiger partial charge < -0.3 is 4.74 Å². The first-order valence-electron chi connectivity index (χ1n) is 17.0. The summed E-state index contributed by atoms with van der Waals surface area (Å²) < 4.78 is 19.7. The predicted molar refractivity (Wildman–Crippen MR) is 170 cm³/mol. The summed E-state index contributed by atoms with van der Waals surface area (Å²) in [6.07, 6.45) is 16.2. The fourth-order valence-corrected chi connectivity index (χ4v) is 11.6. The number of halogens is 1. The summed E-state index contributed by atoms with van der Waals surface area (Å²) in [5.41, 5.74) is 3.50. The van der Waals surface area contributed by atoms with Crippen LogP contribution in [0.1, 0.15) is 142 Å². The van der Waals surface area contributed by atoms with Crippen LogP contribution < -0.4 is 0 Å². The second-order valence-electron chi connectivity index (χ2n) is 14.9. The quantitative estimate of drug-likeness (QED) is 0.333. The molecule has 5 aliphatic rings. The van der Waals surface area contributed by atoms with Gasteiger partial charge in [-0.2, -0.15) is 0 Å². The average Bonchev–Trinajstić information content (AvgIpc) is 3.36. The fraction of sp³-hybridized carbons (Fsp3) is 0.763. The van der Waals surface area contributed by atoms with Crippen LogP contribution in [-0.2, 0) is 4.74 Å². The molecular weight excluding hydrogens is 507 g/mol. The Labute approximate surface area is 251 Å². The third-order valence-corrected chi connectivity index (χ3v) is 13.2. The van der Waals surface area contributed by atoms with Gasteiger partial charge in [0.15, 0.2) is 0 Å². The maximum Gasteiger partial charge on any atom is 0.340 e. The fourth-order valence-electron chi connectivity index (χ4n) is 11.6. The number of benzene rings is 1. The molecule has 0 aliphatic heterocycles. The number of allylic oxidation sites excluding steroid dienone is 2. The number of carbonyl (C=O) groups excluding carboxylic acids is 1. The zero-order chi connectivity index (χ0) is 30.4. The number of hydrogen-bond acceptors (Lipinski definition) is 2. The highest BCUT2D eigenvalue weighted by molar-refractivity contribution is 5.90. The summed E-state index contributed by atoms with van der Waals surface area (Å²) in [6.45, 7) is 20.7. The summed E-state index contributed by atoms with van der Waals surface area (Å²) in [6, 6.07) is 5.08. The van der Waals surface area contributed by atoms with Crippen LogP contribution in [0, 0.1) is 57.1 Å². The smallest absolute Gasteiger partial charge is 0.340 e. The third kappa shape index (κ3) is 4.94. The molecule has 1 aromatic carbocycles. The highest BCUT2D eigenvalue weighted by Gasteiger charge is 2.64. The molecule has 0 spiro atoms. The molecule has 3 heteroatoms. The Hall–Kier alpha value is -1.64. The van der Waals surface area contributed by atoms with Crippen LogP contribution in [-0.4, -0.2) is 13.1 Å². The van der Waals surface area contributed by atoms with Crippen LogP contribution in [0.3, 0.4) is 0 Å². The van der Waals surface area contributed by atoms with E-state index in [-0.39, 0.29) is 16.4 Å². The van der Waals surface area contributed by atoms with E-state index in [0.717, 1.165) is 35.7 Å². The van der Waals surface area contributed by atoms with Crippen molar-refractivity contribution >= 4 is 11.5 Å². The first-order chi connectivity index (χ1) is 19.5. The van der Waals surface area contributed by atoms with Crippen LogP contribution in [0.15, 0.2) is 24.3 Å². The summed E-state index contributed by atoms with van der Waals surface area (Å²) in [5, 5.41) is 0. The highest BCUT2D eigenvalue weighted by atomic mass is 19.1. The van der Waals surface area contributed by atoms with E-state index in [1.807, 2.05) is 33.8 Å². The lowest BCUT2D eigenvalue weighted by Gasteiger charge is -2.68. The number of esters is 1. The minimum absolute atomic E-state index is 0.0151. The molecule has 2 nitrogen and oxygen atoms in total. The van der Waals surface area contributed by atoms with Crippen LogP contribution in [0.5, 0.6) is 0 Å². The molecule has 8 atom stereocenters. The predicted octanol–water partition coefficient (Wildman–Crippen LogP) is 11.1. The Bertz CT molecular complexity index is 1140. The van der Waals surface area contributed by atoms with Gasteiger partial charge in [-0.05, 0) is 132 Å². The molecule has 0 amide bonds. The first-order valence-corrected chi connectivity index (χ1v) is 17.0. The maximum absolute atomic E-state index is 14.9. The van der Waals surface area contributed by atoms with Crippen molar-refractivity contribution in [2.75, 3.05) is 7.11 Å². The number of carbonyl (C=O) groups is 1. The molecule has 4 saturated carbocycles. The zero-order valence-corrected chi connectivity index (χ0v) is 28.0. The molecule has 230 valence electrons. The van der Waals surface area contributed by atoms with Crippen LogP contribution >= 0.6 is 0 Å². The number of fused-ring (bicyclic) bond motifs is 7. The van der Waals surface area contributed by atoms with Gasteiger partial charge in [-0.15, -0.1) is 0 Å². The first kappa shape index (κ1) is 32.3. The Balaban J connectivity index is 0.000000929. The van der Waals surface area contributed by atoms with Crippen LogP contribution in [0.2, 0.25) is 0 Å². The van der Waals surface area contributed by atoms with Crippen molar-refractivity contribution in [1.82, 2.24) is 0 Å². The standard InChI is InChI=1S/C34H47FO2.2C2H6/c1-31(2)24(21-9-10-23(27(35)20-21)30(36)37-6)14-18-34(5)28(31)15-19-33(4)26-13-17-32(3)16-7-8-25(32)22(26)11-12-29(33)34;2*1-2/h9-10,14,20,22,25-26,28-29H,7-8,11-13,15-19H2,1-6H3;2*1-2H3/t22-,25-,26?,28?,29?,32-,33+,34+;;/m1../s1. The van der Waals surface area contributed by atoms with Crippen molar-refractivity contribution in [3.05, 3.63) is 41.2 Å². The second-order valence-corrected chi connectivity index (χ2v) is 14.9. The summed E-state index contributed by atoms with van der Waals surface area (Å²) in [4.78, 5) is 11.9. The van der Waals surface area contributed by atoms with Crippen molar-refractivity contribution in [3.63, 3.8) is 0 Å². The number of rotatable bonds is 2. The van der Waals surface area contributed by atoms with Crippen molar-refractivity contribution in [2.45, 2.75) is 127 Å². The topological polar surface area (TPSA) is 26.3 Å². The molecule has 0 aromatic heterocycles. The minimum Gasteiger partial charge on any atom is -0.465 e. The normalized spacial score (nSPS) is 40.1. The molecule has 0 bridgehead atoms. The zero-order valence-electron chi connectivity index (χ0n) is 28.0. The van der Waals surface area contributed by atoms with E-state index in [0.29, 0.717) is 16.7 Å². The van der Waals surface area contributed by atoms with E-state index in [2.05, 4.69) is 40.7 Å². The number of methoxy groups -OCH3 is 1. The summed E-state index contributed by atoms with van der Waals surface area (Å²) >= 11 is 0. The summed E-state index contributed by atoms with van der Waals surface area (Å²) in [7, 11) is 1.30. The lowest BCUT2D eigenvalue weighted by molar-refractivity contribution is -0.176. The Morgan fingerprint density at radius 1 is 0.829 bits per heavy atom. The SMILES string of the molecule is CC.CC.COC(=O)c1ccc(C2=CC[C@@]3(C)C(CC[C@@]4(C)C5CC[C@@]6(C)CCC[C@@H]6[C@H]5CCC43)C2(C)C)cc1F. The monoisotopic (exact) mass is 566 g/mol. The average molecular weight is 567 g/mol. The molecule has 6 rings (SSSR count). The molecule has 0 saturated heterocycles. The Morgan fingerprint density at radius 2 is 1.54 bits per heavy atom. The van der Waals surface area contributed by atoms with Crippen molar-refractivity contribution < 1.29 is 13.9 Å². The molecule has 4 fully saturated rings. The van der Waals surface area contributed by atoms with E-state index in [1.165, 1.54) is 70.5 Å². The van der Waals surface area contributed by atoms with Gasteiger partial charge in [-0.3, -0.25) is 0 Å². The lowest BCUT2D eigenvalue weighted by Crippen LogP contribution is -2.60. The Kier molecular flexibility index (Phi) is 9.29. The van der Waals surface area contributed by atoms with Gasteiger partial charge >= 0.3 is 5.97 Å². The van der Waals surface area contributed by atoms with Crippen molar-refractivity contribution in [1.29, 1.82) is 0 Å². The van der Waals surface area contributed by atoms with E-state index in [1.54, 1.807) is 12.1 Å². The second kappa shape index (κ2) is 11.8. The minimum atomic E-state index is -0.615. The van der Waals surface area contributed by atoms with E-state index < -0.39 is 11.8 Å². The van der Waals surface area contributed by atoms with Gasteiger partial charge in [0.05, 0.1) is 12.7 Å². The number of hydrogen-bond donors (Lipinski definition) is 0. The van der Waals surface area contributed by atoms with Crippen molar-refractivity contribution in [3.8, 4) is 0 Å². The molecule has 1 aromatic rings. The largest absolute Gasteiger partial charge is 0.465 e. The van der Waals surface area contributed by atoms with E-state index in [4.69, 9.17) is 4.74 Å². The molecule has 0 radical (unpaired) electrons.